The number of hydrogen-bond acceptors (Lipinski definition) is 11. The molecule has 2 N–H and O–H groups in total. The molecule has 0 saturated carbocycles. The van der Waals surface area contributed by atoms with E-state index in [2.05, 4.69) is 5.32 Å². The Morgan fingerprint density at radius 2 is 1.87 bits per heavy atom. The minimum atomic E-state index is -1.29. The maximum Gasteiger partial charge on any atom is 0.410 e. The van der Waals surface area contributed by atoms with Crippen molar-refractivity contribution in [3.05, 3.63) is 35.1 Å². The molecule has 5 aliphatic rings. The molecular weight excluding hydrogens is 610 g/mol. The minimum Gasteiger partial charge on any atom is -0.493 e. The van der Waals surface area contributed by atoms with E-state index in [1.165, 1.54) is 18.7 Å². The number of allylic oxidation sites excluding steroid dienone is 1. The Kier molecular flexibility index (Phi) is 8.23. The monoisotopic (exact) mass is 655 g/mol. The summed E-state index contributed by atoms with van der Waals surface area (Å²) in [6, 6.07) is 1.93. The highest BCUT2D eigenvalue weighted by atomic mass is 16.6. The van der Waals surface area contributed by atoms with Crippen LogP contribution in [0.2, 0.25) is 0 Å². The quantitative estimate of drug-likeness (QED) is 0.329. The molecule has 1 unspecified atom stereocenters. The number of amides is 2. The SMILES string of the molecule is COc1ccc2c3c1O[C@H]1C(OC(=O)[C@H](C)OC(=O)[C@H](C)NC(=O)C4CCCN4C(=O)OC(C)(C)C)=CC[C@H]4[C@@]31CCN(C)[C@@]4(O)C2. The van der Waals surface area contributed by atoms with Crippen molar-refractivity contribution in [1.29, 1.82) is 0 Å². The topological polar surface area (TPSA) is 153 Å². The molecule has 1 spiro atoms. The minimum absolute atomic E-state index is 0.201. The molecule has 1 aromatic rings. The maximum absolute atomic E-state index is 13.3. The van der Waals surface area contributed by atoms with E-state index in [1.54, 1.807) is 34.0 Å². The number of methoxy groups -OCH3 is 1. The van der Waals surface area contributed by atoms with E-state index in [9.17, 15) is 24.3 Å². The van der Waals surface area contributed by atoms with Crippen LogP contribution >= 0.6 is 0 Å². The third kappa shape index (κ3) is 5.41. The third-order valence-electron chi connectivity index (χ3n) is 10.3. The van der Waals surface area contributed by atoms with Gasteiger partial charge in [0.1, 0.15) is 29.2 Å². The van der Waals surface area contributed by atoms with Gasteiger partial charge < -0.3 is 34.1 Å². The molecule has 3 heterocycles. The number of carbonyl (C=O) groups is 4. The van der Waals surface area contributed by atoms with Gasteiger partial charge in [0.2, 0.25) is 5.91 Å². The number of rotatable bonds is 7. The second kappa shape index (κ2) is 11.7. The molecule has 2 saturated heterocycles. The summed E-state index contributed by atoms with van der Waals surface area (Å²) in [6.45, 7) is 9.09. The number of nitrogens with zero attached hydrogens (tertiary/aromatic N) is 2. The van der Waals surface area contributed by atoms with E-state index in [4.69, 9.17) is 23.7 Å². The first-order chi connectivity index (χ1) is 22.1. The molecule has 0 aromatic heterocycles. The lowest BCUT2D eigenvalue weighted by atomic mass is 9.51. The van der Waals surface area contributed by atoms with Crippen LogP contribution < -0.4 is 14.8 Å². The Bertz CT molecular complexity index is 1520. The number of nitrogens with one attached hydrogen (secondary N) is 1. The molecule has 2 bridgehead atoms. The standard InChI is InChI=1S/C34H45N3O10/c1-18(35-28(38)21-9-8-15-37(21)31(41)47-32(3,4)5)29(39)44-19(2)30(40)45-23-12-13-24-33-14-16-36(6)34(24,42)17-20-10-11-22(43-7)26(25(20)33)46-27(23)33/h10-12,18-19,21,24,27,42H,8-9,13-17H2,1-7H3,(H,35,38)/t18-,19-,21?,24-,27-,33-,34+/m0/s1. The van der Waals surface area contributed by atoms with Crippen LogP contribution in [0.25, 0.3) is 0 Å². The number of likely N-dealkylation sites (N-methyl/N-ethyl adjacent to an activating group) is 1. The first kappa shape index (κ1) is 33.1. The number of benzene rings is 1. The Balaban J connectivity index is 1.12. The van der Waals surface area contributed by atoms with Crippen LogP contribution in [0.15, 0.2) is 24.0 Å². The number of hydrogen-bond donors (Lipinski definition) is 2. The van der Waals surface area contributed by atoms with Crippen molar-refractivity contribution in [2.24, 2.45) is 5.92 Å². The summed E-state index contributed by atoms with van der Waals surface area (Å²) in [5, 5.41) is 14.6. The van der Waals surface area contributed by atoms with Crippen molar-refractivity contribution in [1.82, 2.24) is 15.1 Å². The van der Waals surface area contributed by atoms with Crippen LogP contribution in [0.3, 0.4) is 0 Å². The average molecular weight is 656 g/mol. The molecule has 13 nitrogen and oxygen atoms in total. The molecular formula is C34H45N3O10. The normalized spacial score (nSPS) is 30.3. The summed E-state index contributed by atoms with van der Waals surface area (Å²) in [5.41, 5.74) is -0.459. The van der Waals surface area contributed by atoms with Gasteiger partial charge in [0, 0.05) is 31.0 Å². The Morgan fingerprint density at radius 1 is 1.13 bits per heavy atom. The number of piperidine rings is 1. The lowest BCUT2D eigenvalue weighted by Gasteiger charge is -2.60. The van der Waals surface area contributed by atoms with E-state index in [0.29, 0.717) is 62.5 Å². The number of carbonyl (C=O) groups excluding carboxylic acids is 4. The molecule has 7 atom stereocenters. The highest BCUT2D eigenvalue weighted by molar-refractivity contribution is 5.90. The first-order valence-electron chi connectivity index (χ1n) is 16.3. The zero-order valence-corrected chi connectivity index (χ0v) is 28.1. The molecule has 13 heteroatoms. The maximum atomic E-state index is 13.3. The largest absolute Gasteiger partial charge is 0.493 e. The molecule has 47 heavy (non-hydrogen) atoms. The van der Waals surface area contributed by atoms with Gasteiger partial charge in [-0.2, -0.15) is 0 Å². The highest BCUT2D eigenvalue weighted by Crippen LogP contribution is 2.65. The van der Waals surface area contributed by atoms with Gasteiger partial charge in [-0.1, -0.05) is 6.07 Å². The zero-order valence-electron chi connectivity index (χ0n) is 28.1. The highest BCUT2D eigenvalue weighted by Gasteiger charge is 2.69. The summed E-state index contributed by atoms with van der Waals surface area (Å²) in [5.74, 6) is -0.848. The van der Waals surface area contributed by atoms with E-state index < -0.39 is 65.0 Å². The summed E-state index contributed by atoms with van der Waals surface area (Å²) in [4.78, 5) is 55.3. The van der Waals surface area contributed by atoms with Gasteiger partial charge in [-0.05, 0) is 85.1 Å². The van der Waals surface area contributed by atoms with Crippen molar-refractivity contribution < 1.29 is 48.0 Å². The van der Waals surface area contributed by atoms with Gasteiger partial charge in [-0.15, -0.1) is 0 Å². The lowest BCUT2D eigenvalue weighted by molar-refractivity contribution is -0.205. The molecule has 1 aromatic carbocycles. The summed E-state index contributed by atoms with van der Waals surface area (Å²) < 4.78 is 28.9. The average Bonchev–Trinajstić information content (AvgIpc) is 3.63. The zero-order chi connectivity index (χ0) is 34.1. The van der Waals surface area contributed by atoms with E-state index in [0.717, 1.165) is 11.1 Å². The Morgan fingerprint density at radius 3 is 2.57 bits per heavy atom. The van der Waals surface area contributed by atoms with Crippen molar-refractivity contribution in [3.63, 3.8) is 0 Å². The number of likely N-dealkylation sites (tertiary alicyclic amines) is 2. The molecule has 2 fully saturated rings. The number of ether oxygens (including phenoxy) is 5. The van der Waals surface area contributed by atoms with Crippen LogP contribution in [0.4, 0.5) is 4.79 Å². The summed E-state index contributed by atoms with van der Waals surface area (Å²) in [6.07, 6.45) is 1.85. The van der Waals surface area contributed by atoms with Gasteiger partial charge in [-0.3, -0.25) is 14.6 Å². The fourth-order valence-corrected chi connectivity index (χ4v) is 8.06. The van der Waals surface area contributed by atoms with E-state index in [1.807, 2.05) is 24.1 Å². The second-order valence-electron chi connectivity index (χ2n) is 14.4. The molecule has 6 rings (SSSR count). The predicted molar refractivity (Wildman–Crippen MR) is 166 cm³/mol. The molecule has 2 aliphatic carbocycles. The second-order valence-corrected chi connectivity index (χ2v) is 14.4. The lowest BCUT2D eigenvalue weighted by Crippen LogP contribution is -2.70. The van der Waals surface area contributed by atoms with Crippen molar-refractivity contribution in [3.8, 4) is 11.5 Å². The van der Waals surface area contributed by atoms with Crippen LogP contribution in [0.1, 0.15) is 71.4 Å². The fourth-order valence-electron chi connectivity index (χ4n) is 8.06. The predicted octanol–water partition coefficient (Wildman–Crippen LogP) is 2.56. The van der Waals surface area contributed by atoms with Gasteiger partial charge in [0.15, 0.2) is 23.7 Å². The molecule has 2 amide bonds. The number of esters is 2. The van der Waals surface area contributed by atoms with Gasteiger partial charge in [-0.25, -0.2) is 14.4 Å². The van der Waals surface area contributed by atoms with E-state index in [-0.39, 0.29) is 5.92 Å². The van der Waals surface area contributed by atoms with Crippen LogP contribution in [-0.4, -0.2) is 102 Å². The molecule has 0 radical (unpaired) electrons. The molecule has 256 valence electrons. The van der Waals surface area contributed by atoms with Gasteiger partial charge in [0.05, 0.1) is 12.5 Å². The first-order valence-corrected chi connectivity index (χ1v) is 16.3. The summed E-state index contributed by atoms with van der Waals surface area (Å²) >= 11 is 0. The Hall–Kier alpha value is -3.84. The Labute approximate surface area is 274 Å². The van der Waals surface area contributed by atoms with Crippen molar-refractivity contribution in [2.75, 3.05) is 27.2 Å². The van der Waals surface area contributed by atoms with Crippen LogP contribution in [-0.2, 0) is 40.4 Å². The number of aliphatic hydroxyl groups is 1. The van der Waals surface area contributed by atoms with E-state index >= 15 is 0 Å². The van der Waals surface area contributed by atoms with Gasteiger partial charge >= 0.3 is 18.0 Å². The smallest absolute Gasteiger partial charge is 0.410 e. The third-order valence-corrected chi connectivity index (χ3v) is 10.3. The van der Waals surface area contributed by atoms with Crippen molar-refractivity contribution in [2.45, 2.75) is 108 Å². The fraction of sp³-hybridized carbons (Fsp3) is 0.647. The van der Waals surface area contributed by atoms with Crippen LogP contribution in [0.5, 0.6) is 11.5 Å². The van der Waals surface area contributed by atoms with Crippen molar-refractivity contribution >= 4 is 23.9 Å². The van der Waals surface area contributed by atoms with Crippen LogP contribution in [0, 0.1) is 5.92 Å². The van der Waals surface area contributed by atoms with Gasteiger partial charge in [0.25, 0.3) is 0 Å². The molecule has 3 aliphatic heterocycles. The summed E-state index contributed by atoms with van der Waals surface area (Å²) in [7, 11) is 3.50.